The van der Waals surface area contributed by atoms with E-state index >= 15 is 0 Å². The molecule has 1 aromatic heterocycles. The van der Waals surface area contributed by atoms with Crippen LogP contribution >= 0.6 is 0 Å². The third kappa shape index (κ3) is 2.90. The lowest BCUT2D eigenvalue weighted by Crippen LogP contribution is -2.24. The topological polar surface area (TPSA) is 59.3 Å². The van der Waals surface area contributed by atoms with Gasteiger partial charge >= 0.3 is 0 Å². The molecule has 144 valence electrons. The molecule has 4 aromatic rings. The van der Waals surface area contributed by atoms with Crippen LogP contribution < -0.4 is 15.4 Å². The van der Waals surface area contributed by atoms with E-state index in [1.807, 2.05) is 12.1 Å². The Kier molecular flexibility index (Phi) is 3.72. The standard InChI is InChI=1S/C24H21N3O2/c1-2-4-18-15(3-1)5-8-19(27-18)16-7-10-22-21(11-16)25-13-24(29-22)17-6-9-20-23(12-17)28-14-26-20/h1-4,6-7,9-12,14,19,24-25,27H,5,8,13H2. The molecule has 5 nitrogen and oxygen atoms in total. The normalized spacial score (nSPS) is 20.1. The molecule has 3 heterocycles. The number of nitrogens with zero attached hydrogens (tertiary/aromatic N) is 1. The molecule has 0 fully saturated rings. The zero-order valence-electron chi connectivity index (χ0n) is 15.9. The third-order valence-electron chi connectivity index (χ3n) is 5.93. The smallest absolute Gasteiger partial charge is 0.181 e. The lowest BCUT2D eigenvalue weighted by atomic mass is 9.93. The highest BCUT2D eigenvalue weighted by atomic mass is 16.5. The molecule has 0 saturated carbocycles. The summed E-state index contributed by atoms with van der Waals surface area (Å²) in [7, 11) is 0. The van der Waals surface area contributed by atoms with Gasteiger partial charge in [0, 0.05) is 5.69 Å². The molecule has 0 radical (unpaired) electrons. The van der Waals surface area contributed by atoms with Gasteiger partial charge in [-0.15, -0.1) is 0 Å². The number of aryl methyl sites for hydroxylation is 1. The second-order valence-corrected chi connectivity index (χ2v) is 7.72. The van der Waals surface area contributed by atoms with Crippen LogP contribution in [-0.4, -0.2) is 11.5 Å². The van der Waals surface area contributed by atoms with E-state index in [0.717, 1.165) is 47.5 Å². The molecule has 5 heteroatoms. The molecule has 0 bridgehead atoms. The first-order valence-corrected chi connectivity index (χ1v) is 10.1. The van der Waals surface area contributed by atoms with Crippen LogP contribution in [0.25, 0.3) is 11.1 Å². The lowest BCUT2D eigenvalue weighted by molar-refractivity contribution is 0.210. The summed E-state index contributed by atoms with van der Waals surface area (Å²) >= 11 is 0. The van der Waals surface area contributed by atoms with Crippen molar-refractivity contribution in [2.45, 2.75) is 25.0 Å². The Bertz CT molecular complexity index is 1200. The number of benzene rings is 3. The fourth-order valence-corrected chi connectivity index (χ4v) is 4.35. The Hall–Kier alpha value is -3.47. The lowest BCUT2D eigenvalue weighted by Gasteiger charge is -2.31. The van der Waals surface area contributed by atoms with Crippen molar-refractivity contribution in [1.82, 2.24) is 4.98 Å². The minimum atomic E-state index is -0.0532. The van der Waals surface area contributed by atoms with Crippen LogP contribution in [0.4, 0.5) is 11.4 Å². The molecule has 3 aromatic carbocycles. The van der Waals surface area contributed by atoms with Gasteiger partial charge in [-0.1, -0.05) is 30.3 Å². The molecule has 0 saturated heterocycles. The Morgan fingerprint density at radius 2 is 1.86 bits per heavy atom. The van der Waals surface area contributed by atoms with Gasteiger partial charge in [0.25, 0.3) is 0 Å². The average molecular weight is 383 g/mol. The van der Waals surface area contributed by atoms with Crippen LogP contribution in [0.1, 0.15) is 35.3 Å². The van der Waals surface area contributed by atoms with Gasteiger partial charge < -0.3 is 19.8 Å². The highest BCUT2D eigenvalue weighted by molar-refractivity contribution is 5.73. The maximum atomic E-state index is 6.30. The van der Waals surface area contributed by atoms with Gasteiger partial charge in [-0.05, 0) is 59.9 Å². The zero-order valence-corrected chi connectivity index (χ0v) is 15.9. The van der Waals surface area contributed by atoms with E-state index < -0.39 is 0 Å². The number of para-hydroxylation sites is 1. The van der Waals surface area contributed by atoms with Crippen molar-refractivity contribution in [3.63, 3.8) is 0 Å². The minimum absolute atomic E-state index is 0.0532. The van der Waals surface area contributed by atoms with E-state index in [1.165, 1.54) is 23.2 Å². The fourth-order valence-electron chi connectivity index (χ4n) is 4.35. The summed E-state index contributed by atoms with van der Waals surface area (Å²) < 4.78 is 11.7. The summed E-state index contributed by atoms with van der Waals surface area (Å²) in [5.41, 5.74) is 7.72. The van der Waals surface area contributed by atoms with E-state index in [9.17, 15) is 0 Å². The quantitative estimate of drug-likeness (QED) is 0.480. The maximum Gasteiger partial charge on any atom is 0.181 e. The van der Waals surface area contributed by atoms with E-state index in [2.05, 4.69) is 64.1 Å². The highest BCUT2D eigenvalue weighted by Crippen LogP contribution is 2.39. The molecule has 2 atom stereocenters. The Morgan fingerprint density at radius 1 is 0.931 bits per heavy atom. The predicted molar refractivity (Wildman–Crippen MR) is 113 cm³/mol. The Labute approximate surface area is 168 Å². The van der Waals surface area contributed by atoms with Crippen molar-refractivity contribution in [2.24, 2.45) is 0 Å². The first-order valence-electron chi connectivity index (χ1n) is 10.1. The maximum absolute atomic E-state index is 6.30. The number of ether oxygens (including phenoxy) is 1. The summed E-state index contributed by atoms with van der Waals surface area (Å²) in [6.45, 7) is 0.719. The first kappa shape index (κ1) is 16.5. The molecule has 2 aliphatic heterocycles. The van der Waals surface area contributed by atoms with Gasteiger partial charge in [0.15, 0.2) is 12.0 Å². The predicted octanol–water partition coefficient (Wildman–Crippen LogP) is 5.47. The molecule has 0 amide bonds. The second-order valence-electron chi connectivity index (χ2n) is 7.72. The van der Waals surface area contributed by atoms with Gasteiger partial charge in [-0.3, -0.25) is 0 Å². The van der Waals surface area contributed by atoms with Gasteiger partial charge in [0.1, 0.15) is 17.4 Å². The molecule has 29 heavy (non-hydrogen) atoms. The molecular formula is C24H21N3O2. The highest BCUT2D eigenvalue weighted by Gasteiger charge is 2.24. The minimum Gasteiger partial charge on any atom is -0.482 e. The van der Waals surface area contributed by atoms with Crippen molar-refractivity contribution in [3.05, 3.63) is 83.7 Å². The number of fused-ring (bicyclic) bond motifs is 3. The summed E-state index contributed by atoms with van der Waals surface area (Å²) in [5.74, 6) is 0.888. The van der Waals surface area contributed by atoms with E-state index in [0.29, 0.717) is 6.04 Å². The van der Waals surface area contributed by atoms with E-state index in [-0.39, 0.29) is 6.10 Å². The number of hydrogen-bond acceptors (Lipinski definition) is 5. The number of hydrogen-bond donors (Lipinski definition) is 2. The van der Waals surface area contributed by atoms with Gasteiger partial charge in [-0.25, -0.2) is 4.98 Å². The van der Waals surface area contributed by atoms with Crippen molar-refractivity contribution >= 4 is 22.5 Å². The summed E-state index contributed by atoms with van der Waals surface area (Å²) in [6, 6.07) is 21.4. The molecule has 0 spiro atoms. The largest absolute Gasteiger partial charge is 0.482 e. The van der Waals surface area contributed by atoms with Crippen molar-refractivity contribution in [2.75, 3.05) is 17.2 Å². The van der Waals surface area contributed by atoms with Crippen molar-refractivity contribution < 1.29 is 9.15 Å². The monoisotopic (exact) mass is 383 g/mol. The van der Waals surface area contributed by atoms with E-state index in [4.69, 9.17) is 9.15 Å². The van der Waals surface area contributed by atoms with Crippen LogP contribution in [0.2, 0.25) is 0 Å². The Morgan fingerprint density at radius 3 is 2.86 bits per heavy atom. The Balaban J connectivity index is 1.24. The molecule has 2 N–H and O–H groups in total. The molecule has 2 unspecified atom stereocenters. The first-order chi connectivity index (χ1) is 14.3. The third-order valence-corrected chi connectivity index (χ3v) is 5.93. The van der Waals surface area contributed by atoms with Crippen molar-refractivity contribution in [1.29, 1.82) is 0 Å². The van der Waals surface area contributed by atoms with Crippen molar-refractivity contribution in [3.8, 4) is 5.75 Å². The molecular weight excluding hydrogens is 362 g/mol. The number of oxazole rings is 1. The average Bonchev–Trinajstić information content (AvgIpc) is 3.26. The molecule has 2 aliphatic rings. The summed E-state index contributed by atoms with van der Waals surface area (Å²) in [5, 5.41) is 7.24. The number of aromatic nitrogens is 1. The van der Waals surface area contributed by atoms with Crippen LogP contribution in [0.15, 0.2) is 71.5 Å². The van der Waals surface area contributed by atoms with Gasteiger partial charge in [-0.2, -0.15) is 0 Å². The molecule has 6 rings (SSSR count). The summed E-state index contributed by atoms with van der Waals surface area (Å²) in [6.07, 6.45) is 3.61. The second kappa shape index (κ2) is 6.55. The van der Waals surface area contributed by atoms with Crippen LogP contribution in [0.5, 0.6) is 5.75 Å². The number of rotatable bonds is 2. The fraction of sp³-hybridized carbons (Fsp3) is 0.208. The SMILES string of the molecule is c1ccc2c(c1)CCC(c1ccc3c(c1)NCC(c1ccc4ncoc4c1)O3)N2. The van der Waals surface area contributed by atoms with Gasteiger partial charge in [0.05, 0.1) is 18.3 Å². The number of nitrogens with one attached hydrogen (secondary N) is 2. The zero-order chi connectivity index (χ0) is 19.2. The van der Waals surface area contributed by atoms with E-state index in [1.54, 1.807) is 0 Å². The van der Waals surface area contributed by atoms with Crippen LogP contribution in [0.3, 0.4) is 0 Å². The summed E-state index contributed by atoms with van der Waals surface area (Å²) in [4.78, 5) is 4.18. The van der Waals surface area contributed by atoms with Crippen LogP contribution in [0, 0.1) is 0 Å². The van der Waals surface area contributed by atoms with Gasteiger partial charge in [0.2, 0.25) is 0 Å². The molecule has 0 aliphatic carbocycles. The number of anilines is 2. The van der Waals surface area contributed by atoms with Crippen LogP contribution in [-0.2, 0) is 6.42 Å².